The highest BCUT2D eigenvalue weighted by Crippen LogP contribution is 2.29. The highest BCUT2D eigenvalue weighted by molar-refractivity contribution is 6.08. The van der Waals surface area contributed by atoms with E-state index in [1.54, 1.807) is 18.2 Å². The van der Waals surface area contributed by atoms with Crippen molar-refractivity contribution in [2.45, 2.75) is 70.1 Å². The molecule has 4 amide bonds. The van der Waals surface area contributed by atoms with Crippen LogP contribution in [-0.2, 0) is 22.6 Å². The van der Waals surface area contributed by atoms with E-state index in [1.807, 2.05) is 13.0 Å². The SMILES string of the molecule is Cc1cccc(CC(=O)[C@@H]2CCC(F)CCN2C(=O)Cn2cc(C(N)=O)c3cc(NC(=O)N4CCCC(F)(F)C4)ccc32)n1. The first-order valence-electron chi connectivity index (χ1n) is 14.7. The quantitative estimate of drug-likeness (QED) is 0.412. The molecule has 0 saturated carbocycles. The Hall–Kier alpha value is -4.42. The topological polar surface area (TPSA) is 131 Å². The second kappa shape index (κ2) is 12.7. The maximum Gasteiger partial charge on any atom is 0.322 e. The third-order valence-corrected chi connectivity index (χ3v) is 8.19. The second-order valence-electron chi connectivity index (χ2n) is 11.6. The number of benzene rings is 1. The number of halogens is 3. The lowest BCUT2D eigenvalue weighted by Gasteiger charge is -2.32. The van der Waals surface area contributed by atoms with Crippen molar-refractivity contribution >= 4 is 40.2 Å². The molecule has 2 aromatic heterocycles. The normalized spacial score (nSPS) is 20.3. The molecule has 3 aromatic rings. The summed E-state index contributed by atoms with van der Waals surface area (Å²) in [6.45, 7) is 1.14. The summed E-state index contributed by atoms with van der Waals surface area (Å²) in [6, 6.07) is 8.46. The number of hydrogen-bond donors (Lipinski definition) is 2. The first kappa shape index (κ1) is 31.0. The number of nitrogens with zero attached hydrogens (tertiary/aromatic N) is 4. The van der Waals surface area contributed by atoms with E-state index < -0.39 is 42.5 Å². The summed E-state index contributed by atoms with van der Waals surface area (Å²) >= 11 is 0. The van der Waals surface area contributed by atoms with Crippen molar-refractivity contribution in [2.75, 3.05) is 25.0 Å². The lowest BCUT2D eigenvalue weighted by atomic mass is 10.0. The Morgan fingerprint density at radius 2 is 1.89 bits per heavy atom. The van der Waals surface area contributed by atoms with Gasteiger partial charge in [0.1, 0.15) is 12.7 Å². The summed E-state index contributed by atoms with van der Waals surface area (Å²) in [4.78, 5) is 58.9. The van der Waals surface area contributed by atoms with E-state index in [2.05, 4.69) is 10.3 Å². The van der Waals surface area contributed by atoms with Crippen molar-refractivity contribution in [3.8, 4) is 0 Å². The zero-order valence-corrected chi connectivity index (χ0v) is 24.4. The molecule has 13 heteroatoms. The number of primary amides is 1. The lowest BCUT2D eigenvalue weighted by Crippen LogP contribution is -2.47. The van der Waals surface area contributed by atoms with Crippen molar-refractivity contribution in [2.24, 2.45) is 5.73 Å². The van der Waals surface area contributed by atoms with Crippen molar-refractivity contribution in [1.82, 2.24) is 19.4 Å². The Morgan fingerprint density at radius 1 is 1.09 bits per heavy atom. The number of amides is 4. The van der Waals surface area contributed by atoms with Crippen LogP contribution < -0.4 is 11.1 Å². The largest absolute Gasteiger partial charge is 0.366 e. The second-order valence-corrected chi connectivity index (χ2v) is 11.6. The zero-order valence-electron chi connectivity index (χ0n) is 24.4. The molecular weight excluding hydrogens is 577 g/mol. The third kappa shape index (κ3) is 7.03. The number of urea groups is 1. The van der Waals surface area contributed by atoms with E-state index in [4.69, 9.17) is 5.73 Å². The number of aromatic nitrogens is 2. The molecule has 0 radical (unpaired) electrons. The van der Waals surface area contributed by atoms with E-state index in [9.17, 15) is 32.3 Å². The first-order chi connectivity index (χ1) is 20.9. The van der Waals surface area contributed by atoms with E-state index >= 15 is 0 Å². The number of fused-ring (bicyclic) bond motifs is 1. The minimum atomic E-state index is -2.96. The smallest absolute Gasteiger partial charge is 0.322 e. The number of anilines is 1. The molecule has 2 saturated heterocycles. The summed E-state index contributed by atoms with van der Waals surface area (Å²) in [5.74, 6) is -4.38. The average Bonchev–Trinajstić information content (AvgIpc) is 3.18. The molecule has 3 N–H and O–H groups in total. The van der Waals surface area contributed by atoms with Crippen molar-refractivity contribution < 1.29 is 32.3 Å². The Labute approximate surface area is 252 Å². The highest BCUT2D eigenvalue weighted by Gasteiger charge is 2.37. The molecule has 2 aliphatic rings. The number of carbonyl (C=O) groups excluding carboxylic acids is 4. The summed E-state index contributed by atoms with van der Waals surface area (Å²) < 4.78 is 43.6. The van der Waals surface area contributed by atoms with Gasteiger partial charge in [-0.2, -0.15) is 0 Å². The monoisotopic (exact) mass is 612 g/mol. The van der Waals surface area contributed by atoms with Crippen molar-refractivity contribution in [3.63, 3.8) is 0 Å². The van der Waals surface area contributed by atoms with E-state index in [-0.39, 0.29) is 75.2 Å². The number of carbonyl (C=O) groups is 4. The number of nitrogens with two attached hydrogens (primary N) is 1. The molecular formula is C31H35F3N6O4. The van der Waals surface area contributed by atoms with E-state index in [0.717, 1.165) is 10.6 Å². The molecule has 2 aliphatic heterocycles. The van der Waals surface area contributed by atoms with Crippen molar-refractivity contribution in [1.29, 1.82) is 0 Å². The van der Waals surface area contributed by atoms with Crippen LogP contribution in [0.25, 0.3) is 10.9 Å². The van der Waals surface area contributed by atoms with Gasteiger partial charge in [-0.3, -0.25) is 19.4 Å². The fourth-order valence-corrected chi connectivity index (χ4v) is 5.98. The van der Waals surface area contributed by atoms with Gasteiger partial charge in [0.05, 0.1) is 24.6 Å². The van der Waals surface area contributed by atoms with Gasteiger partial charge in [-0.25, -0.2) is 18.0 Å². The minimum Gasteiger partial charge on any atom is -0.366 e. The first-order valence-corrected chi connectivity index (χ1v) is 14.7. The van der Waals surface area contributed by atoms with Gasteiger partial charge in [-0.05, 0) is 62.9 Å². The van der Waals surface area contributed by atoms with Crippen LogP contribution in [0.1, 0.15) is 53.8 Å². The summed E-state index contributed by atoms with van der Waals surface area (Å²) in [5, 5.41) is 2.95. The van der Waals surface area contributed by atoms with Gasteiger partial charge < -0.3 is 25.4 Å². The molecule has 1 unspecified atom stereocenters. The minimum absolute atomic E-state index is 0.00885. The lowest BCUT2D eigenvalue weighted by molar-refractivity contribution is -0.139. The zero-order chi connectivity index (χ0) is 31.6. The van der Waals surface area contributed by atoms with Gasteiger partial charge in [-0.15, -0.1) is 0 Å². The highest BCUT2D eigenvalue weighted by atomic mass is 19.3. The molecule has 2 fully saturated rings. The number of aryl methyl sites for hydroxylation is 1. The van der Waals surface area contributed by atoms with Crippen LogP contribution in [-0.4, -0.2) is 80.7 Å². The van der Waals surface area contributed by atoms with Gasteiger partial charge in [-0.1, -0.05) is 6.07 Å². The standard InChI is InChI=1S/C31H35F3N6O4/c1-19-4-2-5-21(36-19)15-27(41)26-8-6-20(32)10-13-40(26)28(42)17-39-16-24(29(35)43)23-14-22(7-9-25(23)39)37-30(44)38-12-3-11-31(33,34)18-38/h2,4-5,7,9,14,16,20,26H,3,6,8,10-13,15,17-18H2,1H3,(H2,35,43)(H,37,44)/t20?,26-/m0/s1. The fraction of sp³-hybridized carbons (Fsp3) is 0.452. The number of likely N-dealkylation sites (tertiary alicyclic amines) is 2. The molecule has 5 rings (SSSR count). The number of alkyl halides is 3. The number of piperidine rings is 1. The number of ketones is 1. The molecule has 1 aromatic carbocycles. The molecule has 10 nitrogen and oxygen atoms in total. The Bertz CT molecular complexity index is 1590. The molecule has 2 atom stereocenters. The Kier molecular flexibility index (Phi) is 8.93. The molecule has 0 aliphatic carbocycles. The van der Waals surface area contributed by atoms with Gasteiger partial charge in [0.2, 0.25) is 5.91 Å². The molecule has 0 spiro atoms. The van der Waals surface area contributed by atoms with Crippen LogP contribution in [0, 0.1) is 6.92 Å². The van der Waals surface area contributed by atoms with Crippen LogP contribution in [0.4, 0.5) is 23.7 Å². The molecule has 234 valence electrons. The van der Waals surface area contributed by atoms with Crippen LogP contribution in [0.15, 0.2) is 42.6 Å². The summed E-state index contributed by atoms with van der Waals surface area (Å²) in [6.07, 6.45) is 0.635. The van der Waals surface area contributed by atoms with Crippen molar-refractivity contribution in [3.05, 3.63) is 59.5 Å². The van der Waals surface area contributed by atoms with Crippen LogP contribution in [0.3, 0.4) is 0 Å². The number of Topliss-reactive ketones (excluding diaryl/α,β-unsaturated/α-hetero) is 1. The number of pyridine rings is 1. The fourth-order valence-electron chi connectivity index (χ4n) is 5.98. The van der Waals surface area contributed by atoms with Gasteiger partial charge >= 0.3 is 6.03 Å². The van der Waals surface area contributed by atoms with Crippen LogP contribution in [0.2, 0.25) is 0 Å². The van der Waals surface area contributed by atoms with Gasteiger partial charge in [0, 0.05) is 53.7 Å². The van der Waals surface area contributed by atoms with Crippen LogP contribution in [0.5, 0.6) is 0 Å². The predicted octanol–water partition coefficient (Wildman–Crippen LogP) is 4.24. The predicted molar refractivity (Wildman–Crippen MR) is 157 cm³/mol. The maximum atomic E-state index is 14.4. The molecule has 4 heterocycles. The Morgan fingerprint density at radius 3 is 2.61 bits per heavy atom. The summed E-state index contributed by atoms with van der Waals surface area (Å²) in [5.41, 5.74) is 7.77. The Balaban J connectivity index is 1.36. The number of rotatable bonds is 7. The number of hydrogen-bond acceptors (Lipinski definition) is 5. The maximum absolute atomic E-state index is 14.4. The van der Waals surface area contributed by atoms with Gasteiger partial charge in [0.15, 0.2) is 5.78 Å². The summed E-state index contributed by atoms with van der Waals surface area (Å²) in [7, 11) is 0. The van der Waals surface area contributed by atoms with Gasteiger partial charge in [0.25, 0.3) is 11.8 Å². The molecule has 44 heavy (non-hydrogen) atoms. The van der Waals surface area contributed by atoms with Crippen LogP contribution >= 0.6 is 0 Å². The van der Waals surface area contributed by atoms with E-state index in [1.165, 1.54) is 27.8 Å². The van der Waals surface area contributed by atoms with E-state index in [0.29, 0.717) is 16.6 Å². The average molecular weight is 613 g/mol. The number of nitrogens with one attached hydrogen (secondary N) is 1. The third-order valence-electron chi connectivity index (χ3n) is 8.19. The molecule has 0 bridgehead atoms.